The summed E-state index contributed by atoms with van der Waals surface area (Å²) in [6.07, 6.45) is 3.24. The van der Waals surface area contributed by atoms with Crippen molar-refractivity contribution in [3.8, 4) is 11.4 Å². The van der Waals surface area contributed by atoms with Gasteiger partial charge in [-0.2, -0.15) is 5.10 Å². The van der Waals surface area contributed by atoms with E-state index in [1.54, 1.807) is 28.0 Å². The fraction of sp³-hybridized carbons (Fsp3) is 0.0952. The van der Waals surface area contributed by atoms with Crippen LogP contribution in [-0.2, 0) is 13.2 Å². The maximum atomic E-state index is 12.5. The predicted octanol–water partition coefficient (Wildman–Crippen LogP) is 1.93. The van der Waals surface area contributed by atoms with Crippen molar-refractivity contribution >= 4 is 11.9 Å². The van der Waals surface area contributed by atoms with Crippen LogP contribution in [0.2, 0.25) is 0 Å². The summed E-state index contributed by atoms with van der Waals surface area (Å²) in [5.74, 6) is 0.330. The topological polar surface area (TPSA) is 121 Å². The molecule has 158 valence electrons. The van der Waals surface area contributed by atoms with Gasteiger partial charge in [0.05, 0.1) is 6.54 Å². The summed E-state index contributed by atoms with van der Waals surface area (Å²) in [7, 11) is 0. The molecule has 0 radical (unpaired) electrons. The molecule has 1 amide bonds. The normalized spacial score (nSPS) is 10.9. The number of rotatable bonds is 7. The van der Waals surface area contributed by atoms with E-state index in [-0.39, 0.29) is 18.3 Å². The number of benzene rings is 2. The lowest BCUT2D eigenvalue weighted by molar-refractivity contribution is 0.102. The first kappa shape index (κ1) is 19.3. The SMILES string of the molecule is O=C(Nc1ncn(Cc2ccccc2)n1)c1ccn(Cn2nnc(-c3ccccc3)n2)n1. The third-order valence-corrected chi connectivity index (χ3v) is 4.58. The molecule has 2 aromatic carbocycles. The Balaban J connectivity index is 1.20. The van der Waals surface area contributed by atoms with Crippen molar-refractivity contribution < 1.29 is 4.79 Å². The van der Waals surface area contributed by atoms with Crippen LogP contribution in [0.4, 0.5) is 5.95 Å². The predicted molar refractivity (Wildman–Crippen MR) is 114 cm³/mol. The Hall–Kier alpha value is -4.67. The second-order valence-corrected chi connectivity index (χ2v) is 6.94. The number of hydrogen-bond acceptors (Lipinski definition) is 7. The molecule has 1 N–H and O–H groups in total. The molecule has 3 aromatic heterocycles. The fourth-order valence-electron chi connectivity index (χ4n) is 3.06. The van der Waals surface area contributed by atoms with Gasteiger partial charge in [-0.15, -0.1) is 20.1 Å². The van der Waals surface area contributed by atoms with E-state index in [1.807, 2.05) is 60.7 Å². The molecule has 0 aliphatic carbocycles. The van der Waals surface area contributed by atoms with Crippen LogP contribution in [0.5, 0.6) is 0 Å². The van der Waals surface area contributed by atoms with Gasteiger partial charge in [-0.1, -0.05) is 60.7 Å². The van der Waals surface area contributed by atoms with Crippen LogP contribution >= 0.6 is 0 Å². The number of hydrogen-bond donors (Lipinski definition) is 1. The highest BCUT2D eigenvalue weighted by Gasteiger charge is 2.13. The number of anilines is 1. The molecule has 0 fully saturated rings. The average Bonchev–Trinajstić information content (AvgIpc) is 3.57. The van der Waals surface area contributed by atoms with E-state index in [0.717, 1.165) is 11.1 Å². The Kier molecular flexibility index (Phi) is 5.19. The molecule has 0 unspecified atom stereocenters. The minimum atomic E-state index is -0.405. The highest BCUT2D eigenvalue weighted by atomic mass is 16.2. The molecule has 0 saturated carbocycles. The lowest BCUT2D eigenvalue weighted by Crippen LogP contribution is -2.16. The standard InChI is InChI=1S/C21H18N10O/c32-20(23-21-22-14-30(27-21)13-16-7-3-1-4-8-16)18-11-12-29(25-18)15-31-26-19(24-28-31)17-9-5-2-6-10-17/h1-12,14H,13,15H2,(H,23,27,32). The van der Waals surface area contributed by atoms with Crippen LogP contribution in [-0.4, -0.2) is 50.7 Å². The number of amides is 1. The van der Waals surface area contributed by atoms with Crippen molar-refractivity contribution in [3.63, 3.8) is 0 Å². The molecule has 5 aromatic rings. The van der Waals surface area contributed by atoms with Crippen molar-refractivity contribution in [1.29, 1.82) is 0 Å². The Bertz CT molecular complexity index is 1320. The van der Waals surface area contributed by atoms with Gasteiger partial charge in [-0.3, -0.25) is 10.1 Å². The maximum absolute atomic E-state index is 12.5. The first-order valence-corrected chi connectivity index (χ1v) is 9.84. The van der Waals surface area contributed by atoms with Crippen molar-refractivity contribution in [1.82, 2.24) is 44.8 Å². The zero-order valence-electron chi connectivity index (χ0n) is 16.9. The van der Waals surface area contributed by atoms with E-state index in [9.17, 15) is 4.79 Å². The Morgan fingerprint density at radius 2 is 1.66 bits per heavy atom. The van der Waals surface area contributed by atoms with Crippen molar-refractivity contribution in [2.45, 2.75) is 13.2 Å². The van der Waals surface area contributed by atoms with Crippen LogP contribution < -0.4 is 5.32 Å². The number of nitrogens with one attached hydrogen (secondary N) is 1. The van der Waals surface area contributed by atoms with Crippen molar-refractivity contribution in [2.75, 3.05) is 5.32 Å². The first-order chi connectivity index (χ1) is 15.7. The average molecular weight is 426 g/mol. The fourth-order valence-corrected chi connectivity index (χ4v) is 3.06. The minimum absolute atomic E-state index is 0.214. The number of carbonyl (C=O) groups is 1. The largest absolute Gasteiger partial charge is 0.288 e. The first-order valence-electron chi connectivity index (χ1n) is 9.84. The molecular formula is C21H18N10O. The molecule has 3 heterocycles. The van der Waals surface area contributed by atoms with Gasteiger partial charge < -0.3 is 0 Å². The monoisotopic (exact) mass is 426 g/mol. The molecule has 11 nitrogen and oxygen atoms in total. The van der Waals surface area contributed by atoms with Gasteiger partial charge in [-0.25, -0.2) is 14.3 Å². The van der Waals surface area contributed by atoms with Crippen molar-refractivity contribution in [3.05, 3.63) is 90.5 Å². The number of aromatic nitrogens is 9. The minimum Gasteiger partial charge on any atom is -0.288 e. The highest BCUT2D eigenvalue weighted by Crippen LogP contribution is 2.12. The lowest BCUT2D eigenvalue weighted by atomic mass is 10.2. The summed E-state index contributed by atoms with van der Waals surface area (Å²) < 4.78 is 3.21. The molecule has 0 atom stereocenters. The van der Waals surface area contributed by atoms with Crippen LogP contribution in [0.15, 0.2) is 79.3 Å². The Morgan fingerprint density at radius 1 is 0.875 bits per heavy atom. The summed E-state index contributed by atoms with van der Waals surface area (Å²) >= 11 is 0. The molecule has 0 aliphatic rings. The third-order valence-electron chi connectivity index (χ3n) is 4.58. The van der Waals surface area contributed by atoms with Crippen LogP contribution in [0, 0.1) is 0 Å². The van der Waals surface area contributed by atoms with Gasteiger partial charge in [0.15, 0.2) is 12.4 Å². The summed E-state index contributed by atoms with van der Waals surface area (Å²) in [5.41, 5.74) is 2.19. The van der Waals surface area contributed by atoms with Gasteiger partial charge in [0.2, 0.25) is 11.8 Å². The summed E-state index contributed by atoms with van der Waals surface area (Å²) in [6.45, 7) is 0.783. The molecule has 0 aliphatic heterocycles. The molecule has 0 bridgehead atoms. The summed E-state index contributed by atoms with van der Waals surface area (Å²) in [4.78, 5) is 18.1. The van der Waals surface area contributed by atoms with E-state index in [0.29, 0.717) is 12.4 Å². The number of nitrogens with zero attached hydrogens (tertiary/aromatic N) is 9. The zero-order chi connectivity index (χ0) is 21.8. The van der Waals surface area contributed by atoms with E-state index < -0.39 is 5.91 Å². The second kappa shape index (κ2) is 8.60. The van der Waals surface area contributed by atoms with Crippen molar-refractivity contribution in [2.24, 2.45) is 0 Å². The van der Waals surface area contributed by atoms with Gasteiger partial charge in [0, 0.05) is 11.8 Å². The number of tetrazole rings is 1. The van der Waals surface area contributed by atoms with E-state index in [1.165, 1.54) is 4.80 Å². The van der Waals surface area contributed by atoms with Gasteiger partial charge in [0.25, 0.3) is 5.91 Å². The quantitative estimate of drug-likeness (QED) is 0.422. The molecule has 32 heavy (non-hydrogen) atoms. The Labute approximate surface area is 182 Å². The van der Waals surface area contributed by atoms with Crippen LogP contribution in [0.1, 0.15) is 16.1 Å². The molecule has 0 spiro atoms. The molecule has 11 heteroatoms. The molecular weight excluding hydrogens is 408 g/mol. The van der Waals surface area contributed by atoms with Gasteiger partial charge in [-0.05, 0) is 16.8 Å². The lowest BCUT2D eigenvalue weighted by Gasteiger charge is -2.01. The highest BCUT2D eigenvalue weighted by molar-refractivity contribution is 6.01. The summed E-state index contributed by atoms with van der Waals surface area (Å²) in [5, 5.41) is 23.7. The summed E-state index contributed by atoms with van der Waals surface area (Å²) in [6, 6.07) is 21.0. The van der Waals surface area contributed by atoms with E-state index in [4.69, 9.17) is 0 Å². The second-order valence-electron chi connectivity index (χ2n) is 6.94. The smallest absolute Gasteiger partial charge is 0.278 e. The molecule has 5 rings (SSSR count). The van der Waals surface area contributed by atoms with Gasteiger partial charge in [0.1, 0.15) is 6.33 Å². The maximum Gasteiger partial charge on any atom is 0.278 e. The van der Waals surface area contributed by atoms with Crippen LogP contribution in [0.3, 0.4) is 0 Å². The Morgan fingerprint density at radius 3 is 2.47 bits per heavy atom. The zero-order valence-corrected chi connectivity index (χ0v) is 16.9. The van der Waals surface area contributed by atoms with Crippen LogP contribution in [0.25, 0.3) is 11.4 Å². The van der Waals surface area contributed by atoms with E-state index >= 15 is 0 Å². The van der Waals surface area contributed by atoms with Gasteiger partial charge >= 0.3 is 0 Å². The number of carbonyl (C=O) groups excluding carboxylic acids is 1. The van der Waals surface area contributed by atoms with E-state index in [2.05, 4.69) is 35.9 Å². The molecule has 0 saturated heterocycles. The third kappa shape index (κ3) is 4.41.